The molecule has 0 atom stereocenters. The Bertz CT molecular complexity index is 174. The van der Waals surface area contributed by atoms with E-state index in [1.54, 1.807) is 0 Å². The normalized spacial score (nSPS) is 9.50. The van der Waals surface area contributed by atoms with E-state index in [-0.39, 0.29) is 5.97 Å². The van der Waals surface area contributed by atoms with Gasteiger partial charge in [0.25, 0.3) is 0 Å². The third-order valence-corrected chi connectivity index (χ3v) is 1.60. The number of carbonyl (C=O) groups is 1. The monoisotopic (exact) mass is 170 g/mol. The number of methoxy groups -OCH3 is 1. The Labute approximate surface area is 72.7 Å². The lowest BCUT2D eigenvalue weighted by Crippen LogP contribution is -2.26. The van der Waals surface area contributed by atoms with Crippen molar-refractivity contribution in [1.82, 2.24) is 4.90 Å². The summed E-state index contributed by atoms with van der Waals surface area (Å²) < 4.78 is 4.47. The van der Waals surface area contributed by atoms with Gasteiger partial charge in [-0.1, -0.05) is 6.92 Å². The first-order valence-corrected chi connectivity index (χ1v) is 3.90. The first-order valence-electron chi connectivity index (χ1n) is 3.90. The molecule has 0 fully saturated rings. The SMILES string of the molecule is CCN(CC#N)CCC(=O)OC. The van der Waals surface area contributed by atoms with Gasteiger partial charge in [0.2, 0.25) is 0 Å². The van der Waals surface area contributed by atoms with Crippen LogP contribution in [0.5, 0.6) is 0 Å². The van der Waals surface area contributed by atoms with Crippen molar-refractivity contribution in [3.05, 3.63) is 0 Å². The van der Waals surface area contributed by atoms with Gasteiger partial charge < -0.3 is 4.74 Å². The van der Waals surface area contributed by atoms with Gasteiger partial charge in [-0.05, 0) is 6.54 Å². The van der Waals surface area contributed by atoms with E-state index in [9.17, 15) is 4.79 Å². The van der Waals surface area contributed by atoms with Gasteiger partial charge in [0.1, 0.15) is 0 Å². The quantitative estimate of drug-likeness (QED) is 0.442. The molecule has 0 unspecified atom stereocenters. The molecule has 0 aliphatic heterocycles. The van der Waals surface area contributed by atoms with Crippen LogP contribution in [0, 0.1) is 11.3 Å². The second-order valence-electron chi connectivity index (χ2n) is 2.35. The van der Waals surface area contributed by atoms with Crippen LogP contribution in [0.15, 0.2) is 0 Å². The molecule has 0 aromatic carbocycles. The molecule has 0 aromatic heterocycles. The smallest absolute Gasteiger partial charge is 0.306 e. The van der Waals surface area contributed by atoms with Gasteiger partial charge in [-0.3, -0.25) is 9.69 Å². The van der Waals surface area contributed by atoms with Crippen LogP contribution >= 0.6 is 0 Å². The van der Waals surface area contributed by atoms with Crippen LogP contribution in [0.2, 0.25) is 0 Å². The summed E-state index contributed by atoms with van der Waals surface area (Å²) in [5, 5.41) is 8.38. The molecule has 0 aromatic rings. The number of nitriles is 1. The molecule has 0 spiro atoms. The van der Waals surface area contributed by atoms with Gasteiger partial charge in [0.15, 0.2) is 0 Å². The zero-order chi connectivity index (χ0) is 9.40. The molecule has 12 heavy (non-hydrogen) atoms. The number of rotatable bonds is 5. The molecule has 0 N–H and O–H groups in total. The minimum absolute atomic E-state index is 0.230. The Hall–Kier alpha value is -1.08. The molecule has 0 rings (SSSR count). The molecule has 0 amide bonds. The van der Waals surface area contributed by atoms with E-state index in [4.69, 9.17) is 5.26 Å². The zero-order valence-electron chi connectivity index (χ0n) is 7.54. The third-order valence-electron chi connectivity index (χ3n) is 1.60. The number of hydrogen-bond acceptors (Lipinski definition) is 4. The van der Waals surface area contributed by atoms with Crippen molar-refractivity contribution in [3.8, 4) is 6.07 Å². The molecule has 4 nitrogen and oxygen atoms in total. The van der Waals surface area contributed by atoms with Crippen molar-refractivity contribution < 1.29 is 9.53 Å². The minimum Gasteiger partial charge on any atom is -0.469 e. The van der Waals surface area contributed by atoms with Crippen molar-refractivity contribution in [2.75, 3.05) is 26.7 Å². The second-order valence-corrected chi connectivity index (χ2v) is 2.35. The van der Waals surface area contributed by atoms with Gasteiger partial charge in [0.05, 0.1) is 26.1 Å². The average Bonchev–Trinajstić information content (AvgIpc) is 2.11. The lowest BCUT2D eigenvalue weighted by atomic mass is 10.4. The summed E-state index contributed by atoms with van der Waals surface area (Å²) in [5.41, 5.74) is 0. The lowest BCUT2D eigenvalue weighted by molar-refractivity contribution is -0.140. The van der Waals surface area contributed by atoms with Crippen LogP contribution in [-0.4, -0.2) is 37.6 Å². The lowest BCUT2D eigenvalue weighted by Gasteiger charge is -2.14. The fraction of sp³-hybridized carbons (Fsp3) is 0.750. The number of esters is 1. The fourth-order valence-corrected chi connectivity index (χ4v) is 0.800. The maximum absolute atomic E-state index is 10.7. The molecule has 0 saturated heterocycles. The highest BCUT2D eigenvalue weighted by atomic mass is 16.5. The van der Waals surface area contributed by atoms with Gasteiger partial charge in [-0.2, -0.15) is 5.26 Å². The van der Waals surface area contributed by atoms with Gasteiger partial charge in [0, 0.05) is 6.54 Å². The Morgan fingerprint density at radius 1 is 1.67 bits per heavy atom. The van der Waals surface area contributed by atoms with Crippen molar-refractivity contribution in [2.24, 2.45) is 0 Å². The van der Waals surface area contributed by atoms with Crippen molar-refractivity contribution in [1.29, 1.82) is 5.26 Å². The molecule has 0 aliphatic rings. The summed E-state index contributed by atoms with van der Waals surface area (Å²) in [7, 11) is 1.36. The molecule has 4 heteroatoms. The van der Waals surface area contributed by atoms with E-state index < -0.39 is 0 Å². The predicted molar refractivity (Wildman–Crippen MR) is 44.4 cm³/mol. The molecule has 0 heterocycles. The summed E-state index contributed by atoms with van der Waals surface area (Å²) in [6, 6.07) is 2.03. The van der Waals surface area contributed by atoms with Crippen molar-refractivity contribution in [2.45, 2.75) is 13.3 Å². The standard InChI is InChI=1S/C8H14N2O2/c1-3-10(7-5-9)6-4-8(11)12-2/h3-4,6-7H2,1-2H3. The third kappa shape index (κ3) is 4.69. The Morgan fingerprint density at radius 2 is 2.33 bits per heavy atom. The maximum Gasteiger partial charge on any atom is 0.306 e. The van der Waals surface area contributed by atoms with E-state index in [1.165, 1.54) is 7.11 Å². The summed E-state index contributed by atoms with van der Waals surface area (Å²) in [6.45, 7) is 3.70. The van der Waals surface area contributed by atoms with Crippen LogP contribution in [0.4, 0.5) is 0 Å². The first kappa shape index (κ1) is 10.9. The molecule has 0 bridgehead atoms. The van der Waals surface area contributed by atoms with Crippen LogP contribution in [0.25, 0.3) is 0 Å². The van der Waals surface area contributed by atoms with Gasteiger partial charge in [-0.15, -0.1) is 0 Å². The van der Waals surface area contributed by atoms with E-state index in [2.05, 4.69) is 4.74 Å². The Balaban J connectivity index is 3.59. The van der Waals surface area contributed by atoms with Crippen LogP contribution in [-0.2, 0) is 9.53 Å². The van der Waals surface area contributed by atoms with Gasteiger partial charge >= 0.3 is 5.97 Å². The highest BCUT2D eigenvalue weighted by Crippen LogP contribution is 1.91. The second kappa shape index (κ2) is 6.62. The molecule has 68 valence electrons. The van der Waals surface area contributed by atoms with Crippen LogP contribution < -0.4 is 0 Å². The highest BCUT2D eigenvalue weighted by molar-refractivity contribution is 5.69. The Kier molecular flexibility index (Phi) is 6.02. The van der Waals surface area contributed by atoms with E-state index in [1.807, 2.05) is 17.9 Å². The Morgan fingerprint density at radius 3 is 2.75 bits per heavy atom. The average molecular weight is 170 g/mol. The summed E-state index contributed by atoms with van der Waals surface area (Å²) in [4.78, 5) is 12.6. The van der Waals surface area contributed by atoms with Crippen molar-refractivity contribution in [3.63, 3.8) is 0 Å². The fourth-order valence-electron chi connectivity index (χ4n) is 0.800. The predicted octanol–water partition coefficient (Wildman–Crippen LogP) is 0.395. The molecule has 0 saturated carbocycles. The number of hydrogen-bond donors (Lipinski definition) is 0. The van der Waals surface area contributed by atoms with E-state index >= 15 is 0 Å². The molecule has 0 aliphatic carbocycles. The molecule has 0 radical (unpaired) electrons. The van der Waals surface area contributed by atoms with E-state index in [0.717, 1.165) is 6.54 Å². The summed E-state index contributed by atoms with van der Waals surface area (Å²) >= 11 is 0. The largest absolute Gasteiger partial charge is 0.469 e. The molecular formula is C8H14N2O2. The van der Waals surface area contributed by atoms with Crippen LogP contribution in [0.3, 0.4) is 0 Å². The topological polar surface area (TPSA) is 53.3 Å². The number of nitrogens with zero attached hydrogens (tertiary/aromatic N) is 2. The van der Waals surface area contributed by atoms with Crippen LogP contribution in [0.1, 0.15) is 13.3 Å². The highest BCUT2D eigenvalue weighted by Gasteiger charge is 2.05. The van der Waals surface area contributed by atoms with E-state index in [0.29, 0.717) is 19.5 Å². The summed E-state index contributed by atoms with van der Waals surface area (Å²) in [6.07, 6.45) is 0.353. The van der Waals surface area contributed by atoms with Gasteiger partial charge in [-0.25, -0.2) is 0 Å². The molecular weight excluding hydrogens is 156 g/mol. The minimum atomic E-state index is -0.230. The maximum atomic E-state index is 10.7. The zero-order valence-corrected chi connectivity index (χ0v) is 7.54. The summed E-state index contributed by atoms with van der Waals surface area (Å²) in [5.74, 6) is -0.230. The number of ether oxygens (including phenoxy) is 1. The first-order chi connectivity index (χ1) is 5.74. The van der Waals surface area contributed by atoms with Crippen molar-refractivity contribution >= 4 is 5.97 Å². The number of carbonyl (C=O) groups excluding carboxylic acids is 1.